The minimum atomic E-state index is -0.381. The van der Waals surface area contributed by atoms with Crippen LogP contribution in [0.5, 0.6) is 0 Å². The van der Waals surface area contributed by atoms with Gasteiger partial charge in [-0.25, -0.2) is 4.39 Å². The van der Waals surface area contributed by atoms with E-state index in [4.69, 9.17) is 5.26 Å². The number of hydrogen-bond acceptors (Lipinski definition) is 2. The van der Waals surface area contributed by atoms with Crippen LogP contribution in [0, 0.1) is 23.1 Å². The largest absolute Gasteiger partial charge is 0.380 e. The minimum absolute atomic E-state index is 0.239. The third-order valence-corrected chi connectivity index (χ3v) is 3.43. The fourth-order valence-electron chi connectivity index (χ4n) is 1.47. The van der Waals surface area contributed by atoms with E-state index < -0.39 is 0 Å². The summed E-state index contributed by atoms with van der Waals surface area (Å²) >= 11 is 3.08. The highest BCUT2D eigenvalue weighted by atomic mass is 79.9. The lowest BCUT2D eigenvalue weighted by molar-refractivity contribution is 0.622. The topological polar surface area (TPSA) is 35.8 Å². The molecule has 2 rings (SSSR count). The molecule has 1 fully saturated rings. The Morgan fingerprint density at radius 1 is 1.60 bits per heavy atom. The van der Waals surface area contributed by atoms with Crippen molar-refractivity contribution in [1.82, 2.24) is 0 Å². The summed E-state index contributed by atoms with van der Waals surface area (Å²) in [5, 5.41) is 11.8. The zero-order valence-corrected chi connectivity index (χ0v) is 9.81. The molecule has 0 aliphatic heterocycles. The molecule has 0 aromatic heterocycles. The van der Waals surface area contributed by atoms with E-state index in [2.05, 4.69) is 28.2 Å². The normalized spacial score (nSPS) is 23.3. The molecular formula is C11H10BrFN2. The van der Waals surface area contributed by atoms with E-state index >= 15 is 0 Å². The fraction of sp³-hybridized carbons (Fsp3) is 0.364. The van der Waals surface area contributed by atoms with Crippen LogP contribution in [-0.4, -0.2) is 6.04 Å². The van der Waals surface area contributed by atoms with Crippen molar-refractivity contribution in [2.75, 3.05) is 5.32 Å². The molecule has 1 aromatic carbocycles. The van der Waals surface area contributed by atoms with E-state index in [1.165, 1.54) is 0 Å². The first-order valence-corrected chi connectivity index (χ1v) is 5.57. The molecule has 78 valence electrons. The molecule has 1 aliphatic carbocycles. The van der Waals surface area contributed by atoms with Gasteiger partial charge >= 0.3 is 0 Å². The van der Waals surface area contributed by atoms with Crippen molar-refractivity contribution in [1.29, 1.82) is 5.26 Å². The third kappa shape index (κ3) is 1.98. The molecule has 0 radical (unpaired) electrons. The van der Waals surface area contributed by atoms with Gasteiger partial charge in [-0.15, -0.1) is 0 Å². The molecular weight excluding hydrogens is 259 g/mol. The molecule has 1 saturated carbocycles. The Hall–Kier alpha value is -1.08. The zero-order chi connectivity index (χ0) is 11.0. The van der Waals surface area contributed by atoms with Gasteiger partial charge in [-0.1, -0.05) is 6.92 Å². The molecule has 0 saturated heterocycles. The van der Waals surface area contributed by atoms with E-state index in [1.54, 1.807) is 12.1 Å². The second-order valence-electron chi connectivity index (χ2n) is 3.86. The summed E-state index contributed by atoms with van der Waals surface area (Å²) in [6.45, 7) is 2.12. The first-order chi connectivity index (χ1) is 7.13. The molecule has 2 atom stereocenters. The predicted octanol–water partition coefficient (Wildman–Crippen LogP) is 3.28. The molecule has 1 aliphatic rings. The molecule has 2 unspecified atom stereocenters. The van der Waals surface area contributed by atoms with Crippen LogP contribution in [0.3, 0.4) is 0 Å². The van der Waals surface area contributed by atoms with Crippen LogP contribution in [-0.2, 0) is 0 Å². The van der Waals surface area contributed by atoms with Crippen LogP contribution in [0.1, 0.15) is 18.9 Å². The van der Waals surface area contributed by atoms with E-state index in [-0.39, 0.29) is 10.3 Å². The van der Waals surface area contributed by atoms with Crippen molar-refractivity contribution in [3.05, 3.63) is 28.0 Å². The molecule has 0 bridgehead atoms. The minimum Gasteiger partial charge on any atom is -0.380 e. The van der Waals surface area contributed by atoms with Crippen molar-refractivity contribution in [2.24, 2.45) is 5.92 Å². The highest BCUT2D eigenvalue weighted by Gasteiger charge is 2.33. The summed E-state index contributed by atoms with van der Waals surface area (Å²) in [5.41, 5.74) is 0.789. The van der Waals surface area contributed by atoms with E-state index in [1.807, 2.05) is 6.07 Å². The van der Waals surface area contributed by atoms with Crippen molar-refractivity contribution < 1.29 is 4.39 Å². The molecule has 0 amide bonds. The van der Waals surface area contributed by atoms with Gasteiger partial charge in [-0.2, -0.15) is 5.26 Å². The third-order valence-electron chi connectivity index (χ3n) is 2.65. The molecule has 4 heteroatoms. The van der Waals surface area contributed by atoms with E-state index in [9.17, 15) is 4.39 Å². The highest BCUT2D eigenvalue weighted by molar-refractivity contribution is 9.10. The lowest BCUT2D eigenvalue weighted by Crippen LogP contribution is -2.06. The second kappa shape index (κ2) is 3.82. The number of nitriles is 1. The van der Waals surface area contributed by atoms with Gasteiger partial charge in [0, 0.05) is 6.04 Å². The Labute approximate surface area is 96.2 Å². The van der Waals surface area contributed by atoms with Crippen LogP contribution in [0.25, 0.3) is 0 Å². The summed E-state index contributed by atoms with van der Waals surface area (Å²) in [6, 6.07) is 5.53. The molecule has 1 N–H and O–H groups in total. The number of rotatable bonds is 2. The Kier molecular flexibility index (Phi) is 2.66. The van der Waals surface area contributed by atoms with Gasteiger partial charge in [0.15, 0.2) is 5.82 Å². The van der Waals surface area contributed by atoms with Crippen LogP contribution in [0.2, 0.25) is 0 Å². The van der Waals surface area contributed by atoms with Gasteiger partial charge in [-0.3, -0.25) is 0 Å². The predicted molar refractivity (Wildman–Crippen MR) is 60.0 cm³/mol. The number of hydrogen-bond donors (Lipinski definition) is 1. The Balaban J connectivity index is 2.26. The fourth-order valence-corrected chi connectivity index (χ4v) is 1.90. The average Bonchev–Trinajstić information content (AvgIpc) is 2.90. The van der Waals surface area contributed by atoms with E-state index in [0.717, 1.165) is 6.42 Å². The maximum Gasteiger partial charge on any atom is 0.161 e. The van der Waals surface area contributed by atoms with Gasteiger partial charge in [-0.05, 0) is 40.4 Å². The lowest BCUT2D eigenvalue weighted by atomic mass is 10.2. The molecule has 0 heterocycles. The first kappa shape index (κ1) is 10.4. The number of benzene rings is 1. The first-order valence-electron chi connectivity index (χ1n) is 4.78. The van der Waals surface area contributed by atoms with Gasteiger partial charge in [0.2, 0.25) is 0 Å². The van der Waals surface area contributed by atoms with Crippen molar-refractivity contribution in [3.8, 4) is 6.07 Å². The lowest BCUT2D eigenvalue weighted by Gasteiger charge is -2.08. The SMILES string of the molecule is CC1CC1Nc1ccc(C#N)c(Br)c1F. The van der Waals surface area contributed by atoms with Crippen molar-refractivity contribution in [2.45, 2.75) is 19.4 Å². The van der Waals surface area contributed by atoms with Crippen LogP contribution in [0.4, 0.5) is 10.1 Å². The van der Waals surface area contributed by atoms with Gasteiger partial charge in [0.1, 0.15) is 6.07 Å². The smallest absolute Gasteiger partial charge is 0.161 e. The standard InChI is InChI=1S/C11H10BrFN2/c1-6-4-9(6)15-8-3-2-7(5-14)10(12)11(8)13/h2-3,6,9,15H,4H2,1H3. The highest BCUT2D eigenvalue weighted by Crippen LogP contribution is 2.35. The van der Waals surface area contributed by atoms with E-state index in [0.29, 0.717) is 23.2 Å². The monoisotopic (exact) mass is 268 g/mol. The van der Waals surface area contributed by atoms with Crippen LogP contribution >= 0.6 is 15.9 Å². The van der Waals surface area contributed by atoms with Crippen LogP contribution < -0.4 is 5.32 Å². The average molecular weight is 269 g/mol. The Bertz CT molecular complexity index is 439. The Morgan fingerprint density at radius 3 is 2.80 bits per heavy atom. The summed E-state index contributed by atoms with van der Waals surface area (Å²) in [4.78, 5) is 0. The number of anilines is 1. The molecule has 0 spiro atoms. The summed E-state index contributed by atoms with van der Waals surface area (Å²) in [6.07, 6.45) is 1.08. The zero-order valence-electron chi connectivity index (χ0n) is 8.22. The quantitative estimate of drug-likeness (QED) is 0.894. The summed E-state index contributed by atoms with van der Waals surface area (Å²) < 4.78 is 13.9. The summed E-state index contributed by atoms with van der Waals surface area (Å²) in [5.74, 6) is 0.229. The van der Waals surface area contributed by atoms with Gasteiger partial charge in [0.25, 0.3) is 0 Å². The number of nitrogens with one attached hydrogen (secondary N) is 1. The van der Waals surface area contributed by atoms with Crippen molar-refractivity contribution >= 4 is 21.6 Å². The van der Waals surface area contributed by atoms with Crippen molar-refractivity contribution in [3.63, 3.8) is 0 Å². The maximum absolute atomic E-state index is 13.7. The second-order valence-corrected chi connectivity index (χ2v) is 4.66. The van der Waals surface area contributed by atoms with Gasteiger partial charge in [0.05, 0.1) is 15.7 Å². The Morgan fingerprint density at radius 2 is 2.27 bits per heavy atom. The molecule has 1 aromatic rings. The maximum atomic E-state index is 13.7. The summed E-state index contributed by atoms with van der Waals surface area (Å²) in [7, 11) is 0. The number of nitrogens with zero attached hydrogens (tertiary/aromatic N) is 1. The number of halogens is 2. The molecule has 15 heavy (non-hydrogen) atoms. The van der Waals surface area contributed by atoms with Gasteiger partial charge < -0.3 is 5.32 Å². The van der Waals surface area contributed by atoms with Crippen LogP contribution in [0.15, 0.2) is 16.6 Å². The molecule has 2 nitrogen and oxygen atoms in total.